The van der Waals surface area contributed by atoms with Crippen LogP contribution in [0.25, 0.3) is 21.3 Å². The minimum Gasteiger partial charge on any atom is -0.480 e. The summed E-state index contributed by atoms with van der Waals surface area (Å²) in [5, 5.41) is 13.0. The van der Waals surface area contributed by atoms with Gasteiger partial charge in [-0.15, -0.1) is 11.3 Å². The van der Waals surface area contributed by atoms with E-state index in [0.717, 1.165) is 26.4 Å². The van der Waals surface area contributed by atoms with Gasteiger partial charge in [0.2, 0.25) is 5.88 Å². The van der Waals surface area contributed by atoms with Crippen molar-refractivity contribution in [2.45, 2.75) is 13.0 Å². The van der Waals surface area contributed by atoms with Crippen LogP contribution < -0.4 is 10.3 Å². The minimum atomic E-state index is -0.194. The first-order valence-corrected chi connectivity index (χ1v) is 9.61. The molecule has 0 amide bonds. The average Bonchev–Trinajstić information content (AvgIpc) is 3.44. The first-order chi connectivity index (χ1) is 14.2. The Labute approximate surface area is 168 Å². The second-order valence-corrected chi connectivity index (χ2v) is 7.58. The Morgan fingerprint density at radius 2 is 2.28 bits per heavy atom. The van der Waals surface area contributed by atoms with E-state index < -0.39 is 0 Å². The number of aromatic nitrogens is 7. The molecule has 0 bridgehead atoms. The zero-order valence-electron chi connectivity index (χ0n) is 15.6. The quantitative estimate of drug-likeness (QED) is 0.477. The molecule has 9 nitrogen and oxygen atoms in total. The molecule has 0 saturated heterocycles. The molecular formula is C19H15N7O2S. The Balaban J connectivity index is 1.58. The average molecular weight is 405 g/mol. The fourth-order valence-corrected chi connectivity index (χ4v) is 4.48. The third-order valence-corrected chi connectivity index (χ3v) is 5.80. The van der Waals surface area contributed by atoms with Crippen LogP contribution in [0.15, 0.2) is 29.3 Å². The van der Waals surface area contributed by atoms with Crippen molar-refractivity contribution in [1.29, 1.82) is 0 Å². The monoisotopic (exact) mass is 405 g/mol. The third-order valence-electron chi connectivity index (χ3n) is 4.73. The van der Waals surface area contributed by atoms with E-state index in [2.05, 4.69) is 32.5 Å². The number of thiazole rings is 1. The van der Waals surface area contributed by atoms with E-state index in [9.17, 15) is 4.79 Å². The van der Waals surface area contributed by atoms with Crippen LogP contribution in [0.5, 0.6) is 5.88 Å². The first-order valence-electron chi connectivity index (χ1n) is 8.79. The van der Waals surface area contributed by atoms with Gasteiger partial charge >= 0.3 is 0 Å². The van der Waals surface area contributed by atoms with E-state index in [1.165, 1.54) is 11.8 Å². The summed E-state index contributed by atoms with van der Waals surface area (Å²) in [6.45, 7) is 0.230. The van der Waals surface area contributed by atoms with Crippen molar-refractivity contribution >= 4 is 32.6 Å². The van der Waals surface area contributed by atoms with E-state index in [4.69, 9.17) is 9.72 Å². The zero-order chi connectivity index (χ0) is 20.0. The maximum absolute atomic E-state index is 13.1. The molecule has 0 spiro atoms. The summed E-state index contributed by atoms with van der Waals surface area (Å²) in [4.78, 5) is 21.9. The summed E-state index contributed by atoms with van der Waals surface area (Å²) >= 11 is 1.56. The molecule has 0 aromatic carbocycles. The highest BCUT2D eigenvalue weighted by Gasteiger charge is 2.19. The molecule has 144 valence electrons. The number of hydrogen-bond donors (Lipinski definition) is 1. The third kappa shape index (κ3) is 2.83. The van der Waals surface area contributed by atoms with Gasteiger partial charge in [-0.25, -0.2) is 9.67 Å². The second kappa shape index (κ2) is 6.72. The number of aryl methyl sites for hydroxylation is 1. The number of H-pyrrole nitrogens is 1. The molecule has 5 aromatic rings. The van der Waals surface area contributed by atoms with Crippen molar-refractivity contribution in [2.24, 2.45) is 7.05 Å². The summed E-state index contributed by atoms with van der Waals surface area (Å²) < 4.78 is 9.41. The lowest BCUT2D eigenvalue weighted by atomic mass is 10.3. The van der Waals surface area contributed by atoms with Gasteiger partial charge in [0.25, 0.3) is 5.56 Å². The molecule has 1 N–H and O–H groups in total. The number of aromatic amines is 1. The molecule has 0 atom stereocenters. The van der Waals surface area contributed by atoms with Crippen LogP contribution in [-0.2, 0) is 20.0 Å². The molecule has 0 saturated carbocycles. The fourth-order valence-electron chi connectivity index (χ4n) is 3.35. The van der Waals surface area contributed by atoms with Crippen LogP contribution in [0.4, 0.5) is 0 Å². The second-order valence-electron chi connectivity index (χ2n) is 6.49. The van der Waals surface area contributed by atoms with Crippen molar-refractivity contribution in [2.75, 3.05) is 7.11 Å². The Kier molecular flexibility index (Phi) is 4.03. The maximum atomic E-state index is 13.1. The van der Waals surface area contributed by atoms with E-state index in [1.807, 2.05) is 17.7 Å². The number of nitrogens with one attached hydrogen (secondary N) is 1. The Bertz CT molecular complexity index is 1380. The van der Waals surface area contributed by atoms with Crippen LogP contribution in [0.3, 0.4) is 0 Å². The van der Waals surface area contributed by atoms with Gasteiger partial charge in [-0.05, 0) is 12.1 Å². The number of rotatable bonds is 5. The molecule has 5 aromatic heterocycles. The largest absolute Gasteiger partial charge is 0.480 e. The molecule has 5 rings (SSSR count). The SMILES string of the molecule is COc1nc#ccc1Cn1ncc2c3sc(Cc4ccn[nH]4)nc3n(C)c2c1=O. The maximum Gasteiger partial charge on any atom is 0.291 e. The highest BCUT2D eigenvalue weighted by molar-refractivity contribution is 7.19. The number of ether oxygens (including phenoxy) is 1. The van der Waals surface area contributed by atoms with Crippen molar-refractivity contribution in [1.82, 2.24) is 34.5 Å². The molecule has 0 unspecified atom stereocenters. The molecule has 0 aliphatic heterocycles. The van der Waals surface area contributed by atoms with Gasteiger partial charge in [0.05, 0.1) is 24.6 Å². The van der Waals surface area contributed by atoms with Crippen LogP contribution in [0, 0.1) is 12.3 Å². The Morgan fingerprint density at radius 1 is 1.38 bits per heavy atom. The van der Waals surface area contributed by atoms with Crippen molar-refractivity contribution in [3.8, 4) is 5.88 Å². The van der Waals surface area contributed by atoms with Gasteiger partial charge in [-0.1, -0.05) is 0 Å². The predicted molar refractivity (Wildman–Crippen MR) is 107 cm³/mol. The molecule has 29 heavy (non-hydrogen) atoms. The van der Waals surface area contributed by atoms with Gasteiger partial charge in [0, 0.05) is 48.6 Å². The summed E-state index contributed by atoms with van der Waals surface area (Å²) in [5.74, 6) is 0.399. The lowest BCUT2D eigenvalue weighted by Gasteiger charge is -2.07. The summed E-state index contributed by atoms with van der Waals surface area (Å²) in [5.41, 5.74) is 2.85. The zero-order valence-corrected chi connectivity index (χ0v) is 16.4. The van der Waals surface area contributed by atoms with Crippen LogP contribution in [0.2, 0.25) is 0 Å². The van der Waals surface area contributed by atoms with E-state index in [0.29, 0.717) is 23.4 Å². The number of nitrogens with zero attached hydrogens (tertiary/aromatic N) is 6. The highest BCUT2D eigenvalue weighted by atomic mass is 32.1. The van der Waals surface area contributed by atoms with Gasteiger partial charge in [0.1, 0.15) is 10.5 Å². The number of fused-ring (bicyclic) bond motifs is 3. The van der Waals surface area contributed by atoms with Crippen molar-refractivity contribution < 1.29 is 4.74 Å². The topological polar surface area (TPSA) is 104 Å². The summed E-state index contributed by atoms with van der Waals surface area (Å²) in [6, 6.07) is 6.40. The minimum absolute atomic E-state index is 0.194. The lowest BCUT2D eigenvalue weighted by molar-refractivity contribution is 0.390. The molecule has 0 radical (unpaired) electrons. The lowest BCUT2D eigenvalue weighted by Crippen LogP contribution is -2.24. The predicted octanol–water partition coefficient (Wildman–Crippen LogP) is 1.71. The fraction of sp³-hybridized carbons (Fsp3) is 0.211. The van der Waals surface area contributed by atoms with Crippen LogP contribution >= 0.6 is 11.3 Å². The van der Waals surface area contributed by atoms with Crippen LogP contribution in [-0.4, -0.2) is 41.6 Å². The number of methoxy groups -OCH3 is 1. The first kappa shape index (κ1) is 17.4. The number of hydrogen-bond acceptors (Lipinski definition) is 7. The summed E-state index contributed by atoms with van der Waals surface area (Å²) in [6.07, 6.45) is 6.71. The van der Waals surface area contributed by atoms with Crippen LogP contribution in [0.1, 0.15) is 16.3 Å². The van der Waals surface area contributed by atoms with Gasteiger partial charge in [-0.3, -0.25) is 9.89 Å². The standard InChI is InChI=1S/C19H15N7O2S/c1-25-15-13(16-17(25)23-14(29-16)8-12-5-7-21-24-12)9-22-26(19(15)27)10-11-4-3-6-20-18(11)28-2/h4-5,7,9H,8,10H2,1-2H3,(H,21,24). The van der Waals surface area contributed by atoms with Crippen molar-refractivity contribution in [3.05, 3.63) is 63.4 Å². The Hall–Kier alpha value is -3.71. The molecule has 0 fully saturated rings. The van der Waals surface area contributed by atoms with Crippen molar-refractivity contribution in [3.63, 3.8) is 0 Å². The van der Waals surface area contributed by atoms with Gasteiger partial charge in [0.15, 0.2) is 5.65 Å². The molecular weight excluding hydrogens is 390 g/mol. The Morgan fingerprint density at radius 3 is 3.07 bits per heavy atom. The van der Waals surface area contributed by atoms with E-state index in [-0.39, 0.29) is 12.1 Å². The normalized spacial score (nSPS) is 11.2. The van der Waals surface area contributed by atoms with Gasteiger partial charge in [-0.2, -0.15) is 15.2 Å². The smallest absolute Gasteiger partial charge is 0.291 e. The van der Waals surface area contributed by atoms with E-state index >= 15 is 0 Å². The molecule has 5 heterocycles. The molecule has 0 aliphatic carbocycles. The molecule has 0 aliphatic rings. The van der Waals surface area contributed by atoms with Gasteiger partial charge < -0.3 is 9.30 Å². The van der Waals surface area contributed by atoms with E-state index in [1.54, 1.807) is 29.8 Å². The molecule has 10 heteroatoms. The summed E-state index contributed by atoms with van der Waals surface area (Å²) in [7, 11) is 3.38. The highest BCUT2D eigenvalue weighted by Crippen LogP contribution is 2.31.